The molecule has 0 saturated carbocycles. The second-order valence-corrected chi connectivity index (χ2v) is 5.86. The summed E-state index contributed by atoms with van der Waals surface area (Å²) in [6, 6.07) is 4.76. The fourth-order valence-corrected chi connectivity index (χ4v) is 2.39. The average Bonchev–Trinajstić information content (AvgIpc) is 2.39. The SMILES string of the molecule is C/C(Cl)=C/c1cc(-n2c(Cl)nc(C(F)(F)F)cc2=O)ccc1Cl. The molecule has 0 bridgehead atoms. The fourth-order valence-electron chi connectivity index (χ4n) is 1.83. The number of nitrogens with zero attached hydrogens (tertiary/aromatic N) is 2. The average molecular weight is 384 g/mol. The second-order valence-electron chi connectivity index (χ2n) is 4.52. The second kappa shape index (κ2) is 6.55. The van der Waals surface area contributed by atoms with Gasteiger partial charge in [0.2, 0.25) is 5.28 Å². The van der Waals surface area contributed by atoms with Gasteiger partial charge in [0.25, 0.3) is 5.56 Å². The zero-order valence-electron chi connectivity index (χ0n) is 11.5. The van der Waals surface area contributed by atoms with Gasteiger partial charge in [0.1, 0.15) is 0 Å². The summed E-state index contributed by atoms with van der Waals surface area (Å²) < 4.78 is 38.7. The molecule has 0 aliphatic heterocycles. The first kappa shape index (κ1) is 17.8. The molecule has 0 spiro atoms. The third kappa shape index (κ3) is 4.07. The van der Waals surface area contributed by atoms with Gasteiger partial charge in [-0.25, -0.2) is 4.98 Å². The van der Waals surface area contributed by atoms with Crippen molar-refractivity contribution in [2.45, 2.75) is 13.1 Å². The van der Waals surface area contributed by atoms with Crippen LogP contribution in [0.4, 0.5) is 13.2 Å². The van der Waals surface area contributed by atoms with Crippen LogP contribution < -0.4 is 5.56 Å². The molecule has 2 rings (SSSR count). The van der Waals surface area contributed by atoms with Gasteiger partial charge in [-0.15, -0.1) is 0 Å². The predicted octanol–water partition coefficient (Wildman–Crippen LogP) is 5.16. The molecule has 2 aromatic rings. The summed E-state index contributed by atoms with van der Waals surface area (Å²) in [5.74, 6) is 0. The molecule has 1 aromatic carbocycles. The third-order valence-corrected chi connectivity index (χ3v) is 3.47. The summed E-state index contributed by atoms with van der Waals surface area (Å²) in [5, 5.41) is 0.190. The van der Waals surface area contributed by atoms with E-state index in [1.54, 1.807) is 13.0 Å². The molecule has 0 fully saturated rings. The number of hydrogen-bond donors (Lipinski definition) is 0. The third-order valence-electron chi connectivity index (χ3n) is 2.76. The highest BCUT2D eigenvalue weighted by Gasteiger charge is 2.34. The van der Waals surface area contributed by atoms with Crippen LogP contribution in [0, 0.1) is 0 Å². The van der Waals surface area contributed by atoms with E-state index in [-0.39, 0.29) is 5.69 Å². The minimum atomic E-state index is -4.76. The molecule has 23 heavy (non-hydrogen) atoms. The Morgan fingerprint density at radius 1 is 1.26 bits per heavy atom. The molecule has 0 N–H and O–H groups in total. The van der Waals surface area contributed by atoms with E-state index in [2.05, 4.69) is 4.98 Å². The lowest BCUT2D eigenvalue weighted by atomic mass is 10.2. The smallest absolute Gasteiger partial charge is 0.269 e. The highest BCUT2D eigenvalue weighted by molar-refractivity contribution is 6.34. The summed E-state index contributed by atoms with van der Waals surface area (Å²) in [6.07, 6.45) is -3.21. The van der Waals surface area contributed by atoms with Gasteiger partial charge in [0, 0.05) is 16.1 Å². The molecule has 1 heterocycles. The first-order chi connectivity index (χ1) is 10.6. The van der Waals surface area contributed by atoms with Crippen molar-refractivity contribution in [2.75, 3.05) is 0 Å². The summed E-state index contributed by atoms with van der Waals surface area (Å²) in [5.41, 5.74) is -1.61. The maximum atomic E-state index is 12.6. The first-order valence-electron chi connectivity index (χ1n) is 6.10. The molecule has 122 valence electrons. The van der Waals surface area contributed by atoms with Crippen molar-refractivity contribution < 1.29 is 13.2 Å². The molecule has 0 aliphatic rings. The van der Waals surface area contributed by atoms with Crippen LogP contribution in [0.1, 0.15) is 18.2 Å². The van der Waals surface area contributed by atoms with Crippen molar-refractivity contribution in [3.63, 3.8) is 0 Å². The van der Waals surface area contributed by atoms with Crippen LogP contribution in [-0.4, -0.2) is 9.55 Å². The van der Waals surface area contributed by atoms with E-state index in [1.807, 2.05) is 0 Å². The van der Waals surface area contributed by atoms with Crippen molar-refractivity contribution >= 4 is 40.9 Å². The van der Waals surface area contributed by atoms with Crippen LogP contribution in [0.2, 0.25) is 10.3 Å². The van der Waals surface area contributed by atoms with E-state index in [0.717, 1.165) is 4.57 Å². The molecule has 1 aromatic heterocycles. The molecule has 0 radical (unpaired) electrons. The quantitative estimate of drug-likeness (QED) is 0.672. The minimum absolute atomic E-state index is 0.217. The first-order valence-corrected chi connectivity index (χ1v) is 7.23. The van der Waals surface area contributed by atoms with E-state index < -0.39 is 22.7 Å². The Bertz CT molecular complexity index is 840. The fraction of sp³-hybridized carbons (Fsp3) is 0.143. The summed E-state index contributed by atoms with van der Waals surface area (Å²) in [7, 11) is 0. The van der Waals surface area contributed by atoms with Crippen molar-refractivity contribution in [1.29, 1.82) is 0 Å². The number of benzene rings is 1. The van der Waals surface area contributed by atoms with Crippen LogP contribution in [0.5, 0.6) is 0 Å². The topological polar surface area (TPSA) is 34.9 Å². The van der Waals surface area contributed by atoms with E-state index in [0.29, 0.717) is 21.7 Å². The lowest BCUT2D eigenvalue weighted by Gasteiger charge is -2.12. The van der Waals surface area contributed by atoms with E-state index in [1.165, 1.54) is 18.2 Å². The standard InChI is InChI=1S/C14H8Cl3F3N2O/c1-7(15)4-8-5-9(2-3-10(8)16)22-12(23)6-11(14(18,19)20)21-13(22)17/h2-6H,1H3/b7-4-. The van der Waals surface area contributed by atoms with Crippen molar-refractivity contribution in [2.24, 2.45) is 0 Å². The highest BCUT2D eigenvalue weighted by Crippen LogP contribution is 2.28. The van der Waals surface area contributed by atoms with Crippen LogP contribution in [-0.2, 0) is 6.18 Å². The molecular weight excluding hydrogens is 376 g/mol. The van der Waals surface area contributed by atoms with E-state index in [4.69, 9.17) is 34.8 Å². The van der Waals surface area contributed by atoms with Gasteiger partial charge in [-0.1, -0.05) is 23.2 Å². The van der Waals surface area contributed by atoms with Crippen molar-refractivity contribution in [3.8, 4) is 5.69 Å². The normalized spacial score (nSPS) is 12.6. The molecule has 0 aliphatic carbocycles. The summed E-state index contributed by atoms with van der Waals surface area (Å²) >= 11 is 17.5. The minimum Gasteiger partial charge on any atom is -0.269 e. The monoisotopic (exact) mass is 382 g/mol. The van der Waals surface area contributed by atoms with Crippen molar-refractivity contribution in [1.82, 2.24) is 9.55 Å². The maximum Gasteiger partial charge on any atom is 0.433 e. The van der Waals surface area contributed by atoms with Gasteiger partial charge >= 0.3 is 6.18 Å². The molecule has 0 atom stereocenters. The van der Waals surface area contributed by atoms with Crippen LogP contribution >= 0.6 is 34.8 Å². The Balaban J connectivity index is 2.64. The van der Waals surface area contributed by atoms with E-state index >= 15 is 0 Å². The molecule has 0 unspecified atom stereocenters. The van der Waals surface area contributed by atoms with Crippen molar-refractivity contribution in [3.05, 3.63) is 61.2 Å². The summed E-state index contributed by atoms with van der Waals surface area (Å²) in [4.78, 5) is 15.2. The van der Waals surface area contributed by atoms with Gasteiger partial charge in [0.05, 0.1) is 5.69 Å². The lowest BCUT2D eigenvalue weighted by molar-refractivity contribution is -0.141. The molecular formula is C14H8Cl3F3N2O. The number of halogens is 6. The summed E-state index contributed by atoms with van der Waals surface area (Å²) in [6.45, 7) is 1.63. The Morgan fingerprint density at radius 3 is 2.43 bits per heavy atom. The molecule has 3 nitrogen and oxygen atoms in total. The molecule has 9 heteroatoms. The number of allylic oxidation sites excluding steroid dienone is 1. The van der Waals surface area contributed by atoms with E-state index in [9.17, 15) is 18.0 Å². The Labute approximate surface area is 143 Å². The van der Waals surface area contributed by atoms with Gasteiger partial charge in [-0.2, -0.15) is 13.2 Å². The Hall–Kier alpha value is -1.50. The molecule has 0 amide bonds. The predicted molar refractivity (Wildman–Crippen MR) is 84.4 cm³/mol. The lowest BCUT2D eigenvalue weighted by Crippen LogP contribution is -2.23. The van der Waals surface area contributed by atoms with Gasteiger partial charge < -0.3 is 0 Å². The molecule has 0 saturated heterocycles. The number of hydrogen-bond acceptors (Lipinski definition) is 2. The van der Waals surface area contributed by atoms with Gasteiger partial charge in [-0.05, 0) is 48.4 Å². The Kier molecular flexibility index (Phi) is 5.08. The van der Waals surface area contributed by atoms with Crippen LogP contribution in [0.15, 0.2) is 34.1 Å². The number of aromatic nitrogens is 2. The number of rotatable bonds is 2. The van der Waals surface area contributed by atoms with Gasteiger partial charge in [0.15, 0.2) is 5.69 Å². The zero-order valence-corrected chi connectivity index (χ0v) is 13.7. The van der Waals surface area contributed by atoms with Crippen LogP contribution in [0.3, 0.4) is 0 Å². The van der Waals surface area contributed by atoms with Crippen LogP contribution in [0.25, 0.3) is 11.8 Å². The Morgan fingerprint density at radius 2 is 1.91 bits per heavy atom. The number of alkyl halides is 3. The largest absolute Gasteiger partial charge is 0.433 e. The highest BCUT2D eigenvalue weighted by atomic mass is 35.5. The zero-order chi connectivity index (χ0) is 17.4. The van der Waals surface area contributed by atoms with Gasteiger partial charge in [-0.3, -0.25) is 9.36 Å². The maximum absolute atomic E-state index is 12.6.